The Balaban J connectivity index is 2.67. The van der Waals surface area contributed by atoms with Gasteiger partial charge >= 0.3 is 6.09 Å². The molecule has 3 amide bonds. The molecule has 0 unspecified atom stereocenters. The number of carbonyl (C=O) groups is 3. The van der Waals surface area contributed by atoms with E-state index in [9.17, 15) is 14.4 Å². The maximum absolute atomic E-state index is 12.4. The zero-order chi connectivity index (χ0) is 18.1. The summed E-state index contributed by atoms with van der Waals surface area (Å²) in [6.45, 7) is 7.07. The van der Waals surface area contributed by atoms with Crippen LogP contribution in [0.1, 0.15) is 31.1 Å². The zero-order valence-electron chi connectivity index (χ0n) is 14.7. The topological polar surface area (TPSA) is 79.0 Å². The van der Waals surface area contributed by atoms with E-state index in [1.807, 2.05) is 13.8 Å². The minimum absolute atomic E-state index is 0.0311. The summed E-state index contributed by atoms with van der Waals surface area (Å²) in [6, 6.07) is 6.43. The molecule has 132 valence electrons. The third-order valence-corrected chi connectivity index (χ3v) is 3.49. The first-order chi connectivity index (χ1) is 11.4. The summed E-state index contributed by atoms with van der Waals surface area (Å²) in [5.74, 6) is -0.338. The number of benzene rings is 1. The molecule has 0 bridgehead atoms. The minimum Gasteiger partial charge on any atom is -0.450 e. The molecule has 0 fully saturated rings. The number of amides is 3. The first-order valence-electron chi connectivity index (χ1n) is 7.99. The number of carbonyl (C=O) groups excluding carboxylic acids is 3. The van der Waals surface area contributed by atoms with Crippen LogP contribution in [0, 0.1) is 0 Å². The van der Waals surface area contributed by atoms with Crippen molar-refractivity contribution in [2.75, 3.05) is 38.6 Å². The Bertz CT molecular complexity index is 568. The summed E-state index contributed by atoms with van der Waals surface area (Å²) in [6.07, 6.45) is -0.543. The van der Waals surface area contributed by atoms with Crippen molar-refractivity contribution in [2.45, 2.75) is 20.8 Å². The molecular formula is C17H25N3O4. The highest BCUT2D eigenvalue weighted by molar-refractivity contribution is 5.97. The van der Waals surface area contributed by atoms with Crippen LogP contribution in [0.5, 0.6) is 0 Å². The SMILES string of the molecule is CCOC(=O)Nc1ccc(C(=O)N(C)CC(=O)N(CC)CC)cc1. The molecule has 24 heavy (non-hydrogen) atoms. The fraction of sp³-hybridized carbons (Fsp3) is 0.471. The van der Waals surface area contributed by atoms with E-state index in [0.717, 1.165) is 0 Å². The summed E-state index contributed by atoms with van der Waals surface area (Å²) >= 11 is 0. The molecule has 0 aromatic heterocycles. The lowest BCUT2D eigenvalue weighted by molar-refractivity contribution is -0.131. The second-order valence-electron chi connectivity index (χ2n) is 5.15. The highest BCUT2D eigenvalue weighted by Crippen LogP contribution is 2.11. The van der Waals surface area contributed by atoms with E-state index < -0.39 is 6.09 Å². The van der Waals surface area contributed by atoms with Gasteiger partial charge in [0.1, 0.15) is 0 Å². The Hall–Kier alpha value is -2.57. The summed E-state index contributed by atoms with van der Waals surface area (Å²) in [4.78, 5) is 38.8. The van der Waals surface area contributed by atoms with E-state index in [4.69, 9.17) is 4.74 Å². The van der Waals surface area contributed by atoms with Gasteiger partial charge in [-0.2, -0.15) is 0 Å². The Morgan fingerprint density at radius 2 is 1.62 bits per heavy atom. The predicted octanol–water partition coefficient (Wildman–Crippen LogP) is 2.20. The van der Waals surface area contributed by atoms with Gasteiger partial charge < -0.3 is 14.5 Å². The maximum atomic E-state index is 12.4. The van der Waals surface area contributed by atoms with Crippen LogP contribution in [0.15, 0.2) is 24.3 Å². The quantitative estimate of drug-likeness (QED) is 0.828. The molecular weight excluding hydrogens is 310 g/mol. The van der Waals surface area contributed by atoms with Gasteiger partial charge in [-0.25, -0.2) is 4.79 Å². The minimum atomic E-state index is -0.543. The molecule has 0 atom stereocenters. The summed E-state index contributed by atoms with van der Waals surface area (Å²) in [7, 11) is 1.59. The maximum Gasteiger partial charge on any atom is 0.411 e. The van der Waals surface area contributed by atoms with E-state index >= 15 is 0 Å². The predicted molar refractivity (Wildman–Crippen MR) is 92.0 cm³/mol. The Morgan fingerprint density at radius 1 is 1.04 bits per heavy atom. The third-order valence-electron chi connectivity index (χ3n) is 3.49. The van der Waals surface area contributed by atoms with Gasteiger partial charge in [0.05, 0.1) is 13.2 Å². The van der Waals surface area contributed by atoms with Crippen molar-refractivity contribution >= 4 is 23.6 Å². The lowest BCUT2D eigenvalue weighted by Gasteiger charge is -2.23. The molecule has 0 saturated carbocycles. The van der Waals surface area contributed by atoms with Crippen LogP contribution in [-0.4, -0.2) is 61.0 Å². The fourth-order valence-electron chi connectivity index (χ4n) is 2.15. The average molecular weight is 335 g/mol. The number of nitrogens with zero attached hydrogens (tertiary/aromatic N) is 2. The number of nitrogens with one attached hydrogen (secondary N) is 1. The van der Waals surface area contributed by atoms with Gasteiger partial charge in [-0.05, 0) is 45.0 Å². The summed E-state index contributed by atoms with van der Waals surface area (Å²) in [5, 5.41) is 2.55. The molecule has 0 aliphatic rings. The highest BCUT2D eigenvalue weighted by Gasteiger charge is 2.17. The second kappa shape index (κ2) is 9.54. The van der Waals surface area contributed by atoms with Gasteiger partial charge in [0.25, 0.3) is 5.91 Å². The van der Waals surface area contributed by atoms with Crippen LogP contribution < -0.4 is 5.32 Å². The van der Waals surface area contributed by atoms with E-state index in [2.05, 4.69) is 5.32 Å². The van der Waals surface area contributed by atoms with Crippen LogP contribution >= 0.6 is 0 Å². The molecule has 0 radical (unpaired) electrons. The monoisotopic (exact) mass is 335 g/mol. The van der Waals surface area contributed by atoms with Gasteiger partial charge in [0, 0.05) is 31.4 Å². The first-order valence-corrected chi connectivity index (χ1v) is 7.99. The lowest BCUT2D eigenvalue weighted by Crippen LogP contribution is -2.41. The van der Waals surface area contributed by atoms with E-state index in [1.54, 1.807) is 43.1 Å². The number of rotatable bonds is 7. The van der Waals surface area contributed by atoms with Crippen molar-refractivity contribution in [3.05, 3.63) is 29.8 Å². The molecule has 1 aromatic rings. The zero-order valence-corrected chi connectivity index (χ0v) is 14.7. The summed E-state index contributed by atoms with van der Waals surface area (Å²) in [5.41, 5.74) is 0.978. The van der Waals surface area contributed by atoms with Crippen molar-refractivity contribution in [3.8, 4) is 0 Å². The van der Waals surface area contributed by atoms with Crippen LogP contribution in [0.3, 0.4) is 0 Å². The van der Waals surface area contributed by atoms with E-state index in [0.29, 0.717) is 24.3 Å². The van der Waals surface area contributed by atoms with Crippen molar-refractivity contribution in [3.63, 3.8) is 0 Å². The number of hydrogen-bond donors (Lipinski definition) is 1. The van der Waals surface area contributed by atoms with Crippen molar-refractivity contribution < 1.29 is 19.1 Å². The number of ether oxygens (including phenoxy) is 1. The van der Waals surface area contributed by atoms with Gasteiger partial charge in [-0.1, -0.05) is 0 Å². The van der Waals surface area contributed by atoms with Gasteiger partial charge in [0.2, 0.25) is 5.91 Å². The third kappa shape index (κ3) is 5.57. The van der Waals surface area contributed by atoms with Crippen molar-refractivity contribution in [1.29, 1.82) is 0 Å². The number of hydrogen-bond acceptors (Lipinski definition) is 4. The molecule has 0 aliphatic carbocycles. The van der Waals surface area contributed by atoms with Gasteiger partial charge in [0.15, 0.2) is 0 Å². The molecule has 1 N–H and O–H groups in total. The van der Waals surface area contributed by atoms with E-state index in [-0.39, 0.29) is 25.0 Å². The first kappa shape index (κ1) is 19.5. The van der Waals surface area contributed by atoms with Crippen molar-refractivity contribution in [1.82, 2.24) is 9.80 Å². The Kier molecular flexibility index (Phi) is 7.74. The smallest absolute Gasteiger partial charge is 0.411 e. The molecule has 0 saturated heterocycles. The van der Waals surface area contributed by atoms with Gasteiger partial charge in [-0.3, -0.25) is 14.9 Å². The fourth-order valence-corrected chi connectivity index (χ4v) is 2.15. The van der Waals surface area contributed by atoms with Crippen LogP contribution in [-0.2, 0) is 9.53 Å². The molecule has 1 aromatic carbocycles. The standard InChI is InChI=1S/C17H25N3O4/c1-5-20(6-2)15(21)12-19(4)16(22)13-8-10-14(11-9-13)18-17(23)24-7-3/h8-11H,5-7,12H2,1-4H3,(H,18,23). The van der Waals surface area contributed by atoms with Crippen LogP contribution in [0.25, 0.3) is 0 Å². The van der Waals surface area contributed by atoms with Crippen LogP contribution in [0.4, 0.5) is 10.5 Å². The van der Waals surface area contributed by atoms with Crippen molar-refractivity contribution in [2.24, 2.45) is 0 Å². The normalized spacial score (nSPS) is 10.0. The number of anilines is 1. The molecule has 0 spiro atoms. The largest absolute Gasteiger partial charge is 0.450 e. The average Bonchev–Trinajstić information content (AvgIpc) is 2.56. The highest BCUT2D eigenvalue weighted by atomic mass is 16.5. The lowest BCUT2D eigenvalue weighted by atomic mass is 10.2. The van der Waals surface area contributed by atoms with E-state index in [1.165, 1.54) is 4.90 Å². The van der Waals surface area contributed by atoms with Gasteiger partial charge in [-0.15, -0.1) is 0 Å². The Morgan fingerprint density at radius 3 is 2.12 bits per heavy atom. The molecule has 1 rings (SSSR count). The summed E-state index contributed by atoms with van der Waals surface area (Å²) < 4.78 is 4.78. The molecule has 7 nitrogen and oxygen atoms in total. The molecule has 7 heteroatoms. The molecule has 0 heterocycles. The second-order valence-corrected chi connectivity index (χ2v) is 5.15. The van der Waals surface area contributed by atoms with Crippen LogP contribution in [0.2, 0.25) is 0 Å². The number of likely N-dealkylation sites (N-methyl/N-ethyl adjacent to an activating group) is 2. The Labute approximate surface area is 142 Å². The molecule has 0 aliphatic heterocycles.